The average molecular weight is 464 g/mol. The van der Waals surface area contributed by atoms with Gasteiger partial charge >= 0.3 is 6.18 Å². The van der Waals surface area contributed by atoms with E-state index in [1.165, 1.54) is 44.2 Å². The van der Waals surface area contributed by atoms with Gasteiger partial charge in [0.25, 0.3) is 0 Å². The largest absolute Gasteiger partial charge is 0.416 e. The van der Waals surface area contributed by atoms with Crippen LogP contribution >= 0.6 is 0 Å². The molecular formula is C25H32F3N3O2. The van der Waals surface area contributed by atoms with Gasteiger partial charge in [0.15, 0.2) is 0 Å². The third-order valence-corrected chi connectivity index (χ3v) is 8.49. The van der Waals surface area contributed by atoms with Gasteiger partial charge in [-0.2, -0.15) is 13.2 Å². The van der Waals surface area contributed by atoms with Gasteiger partial charge in [-0.3, -0.25) is 14.5 Å². The molecule has 0 radical (unpaired) electrons. The Bertz CT molecular complexity index is 896. The molecule has 33 heavy (non-hydrogen) atoms. The SMILES string of the molecule is O=C(CC12CC3CC(CC1C3)C2)NCC(=O)N1CCN(Cc2cccc(C(F)(F)F)c2)CC1. The van der Waals surface area contributed by atoms with Crippen LogP contribution < -0.4 is 5.32 Å². The van der Waals surface area contributed by atoms with Crippen molar-refractivity contribution in [2.45, 2.75) is 51.2 Å². The molecule has 1 heterocycles. The summed E-state index contributed by atoms with van der Waals surface area (Å²) in [7, 11) is 0. The lowest BCUT2D eigenvalue weighted by molar-refractivity contribution is -0.137. The fraction of sp³-hybridized carbons (Fsp3) is 0.680. The van der Waals surface area contributed by atoms with Crippen LogP contribution in [0.3, 0.4) is 0 Å². The van der Waals surface area contributed by atoms with Crippen LogP contribution in [0.15, 0.2) is 24.3 Å². The first-order valence-corrected chi connectivity index (χ1v) is 12.1. The molecule has 2 unspecified atom stereocenters. The number of rotatable bonds is 6. The van der Waals surface area contributed by atoms with Crippen LogP contribution in [0, 0.1) is 23.2 Å². The summed E-state index contributed by atoms with van der Waals surface area (Å²) < 4.78 is 38.8. The van der Waals surface area contributed by atoms with Crippen LogP contribution in [0.2, 0.25) is 0 Å². The van der Waals surface area contributed by atoms with Gasteiger partial charge in [0.1, 0.15) is 0 Å². The quantitative estimate of drug-likeness (QED) is 0.700. The minimum atomic E-state index is -4.35. The number of carbonyl (C=O) groups is 2. The highest BCUT2D eigenvalue weighted by Gasteiger charge is 2.57. The van der Waals surface area contributed by atoms with E-state index < -0.39 is 11.7 Å². The summed E-state index contributed by atoms with van der Waals surface area (Å²) in [5.41, 5.74) is 0.170. The Labute approximate surface area is 192 Å². The van der Waals surface area contributed by atoms with E-state index >= 15 is 0 Å². The second-order valence-corrected chi connectivity index (χ2v) is 10.7. The second-order valence-electron chi connectivity index (χ2n) is 10.7. The van der Waals surface area contributed by atoms with Gasteiger partial charge in [0.2, 0.25) is 11.8 Å². The zero-order valence-electron chi connectivity index (χ0n) is 18.9. The van der Waals surface area contributed by atoms with Gasteiger partial charge in [0, 0.05) is 39.1 Å². The first-order chi connectivity index (χ1) is 15.7. The molecule has 1 aromatic rings. The zero-order valence-corrected chi connectivity index (χ0v) is 18.9. The summed E-state index contributed by atoms with van der Waals surface area (Å²) in [5.74, 6) is 2.23. The van der Waals surface area contributed by atoms with E-state index in [1.54, 1.807) is 11.0 Å². The lowest BCUT2D eigenvalue weighted by Crippen LogP contribution is -2.51. The number of alkyl halides is 3. The van der Waals surface area contributed by atoms with Crippen molar-refractivity contribution in [1.82, 2.24) is 15.1 Å². The molecule has 8 heteroatoms. The molecule has 4 aliphatic carbocycles. The number of nitrogens with zero attached hydrogens (tertiary/aromatic N) is 2. The predicted molar refractivity (Wildman–Crippen MR) is 117 cm³/mol. The van der Waals surface area contributed by atoms with E-state index in [0.29, 0.717) is 50.6 Å². The molecule has 4 saturated carbocycles. The summed E-state index contributed by atoms with van der Waals surface area (Å²) >= 11 is 0. The lowest BCUT2D eigenvalue weighted by Gasteiger charge is -2.35. The Morgan fingerprint density at radius 3 is 2.39 bits per heavy atom. The maximum Gasteiger partial charge on any atom is 0.416 e. The number of hydrogen-bond acceptors (Lipinski definition) is 3. The van der Waals surface area contributed by atoms with E-state index in [9.17, 15) is 22.8 Å². The highest BCUT2D eigenvalue weighted by atomic mass is 19.4. The van der Waals surface area contributed by atoms with Gasteiger partial charge in [-0.05, 0) is 66.9 Å². The number of amides is 2. The van der Waals surface area contributed by atoms with Crippen LogP contribution in [-0.2, 0) is 22.3 Å². The number of halogens is 3. The lowest BCUT2D eigenvalue weighted by atomic mass is 9.73. The molecule has 2 amide bonds. The van der Waals surface area contributed by atoms with E-state index in [4.69, 9.17) is 0 Å². The van der Waals surface area contributed by atoms with Gasteiger partial charge in [-0.15, -0.1) is 0 Å². The molecule has 2 atom stereocenters. The van der Waals surface area contributed by atoms with Gasteiger partial charge < -0.3 is 10.2 Å². The van der Waals surface area contributed by atoms with Gasteiger partial charge in [0.05, 0.1) is 12.1 Å². The fourth-order valence-electron chi connectivity index (χ4n) is 7.18. The maximum absolute atomic E-state index is 12.9. The van der Waals surface area contributed by atoms with Crippen molar-refractivity contribution in [3.05, 3.63) is 35.4 Å². The molecule has 5 nitrogen and oxygen atoms in total. The standard InChI is InChI=1S/C25H32F3N3O2/c26-25(27,28)20-3-1-2-17(9-20)16-30-4-6-31(7-5-30)23(33)15-29-22(32)14-24-12-18-8-19(13-24)11-21(24)10-18/h1-3,9,18-19,21H,4-8,10-16H2,(H,29,32). The summed E-state index contributed by atoms with van der Waals surface area (Å²) in [6.07, 6.45) is 2.50. The van der Waals surface area contributed by atoms with E-state index in [-0.39, 0.29) is 23.8 Å². The molecule has 1 aromatic carbocycles. The van der Waals surface area contributed by atoms with Crippen molar-refractivity contribution in [3.8, 4) is 0 Å². The zero-order chi connectivity index (χ0) is 23.2. The van der Waals surface area contributed by atoms with E-state index in [1.807, 2.05) is 0 Å². The number of nitrogens with one attached hydrogen (secondary N) is 1. The number of hydrogen-bond donors (Lipinski definition) is 1. The number of piperazine rings is 1. The average Bonchev–Trinajstić information content (AvgIpc) is 3.14. The van der Waals surface area contributed by atoms with Crippen LogP contribution in [-0.4, -0.2) is 54.3 Å². The van der Waals surface area contributed by atoms with Crippen molar-refractivity contribution in [2.24, 2.45) is 23.2 Å². The topological polar surface area (TPSA) is 52.7 Å². The normalized spacial score (nSPS) is 31.2. The molecule has 0 spiro atoms. The first kappa shape index (κ1) is 22.7. The molecular weight excluding hydrogens is 431 g/mol. The van der Waals surface area contributed by atoms with E-state index in [0.717, 1.165) is 17.9 Å². The maximum atomic E-state index is 12.9. The molecule has 1 N–H and O–H groups in total. The molecule has 6 rings (SSSR count). The third kappa shape index (κ3) is 4.77. The second kappa shape index (κ2) is 8.60. The molecule has 0 aromatic heterocycles. The number of carbonyl (C=O) groups excluding carboxylic acids is 2. The molecule has 4 bridgehead atoms. The monoisotopic (exact) mass is 463 g/mol. The van der Waals surface area contributed by atoms with Crippen molar-refractivity contribution < 1.29 is 22.8 Å². The number of benzene rings is 1. The Morgan fingerprint density at radius 2 is 1.73 bits per heavy atom. The van der Waals surface area contributed by atoms with Crippen LogP contribution in [0.25, 0.3) is 0 Å². The minimum Gasteiger partial charge on any atom is -0.347 e. The first-order valence-electron chi connectivity index (χ1n) is 12.1. The van der Waals surface area contributed by atoms with Crippen molar-refractivity contribution in [1.29, 1.82) is 0 Å². The highest BCUT2D eigenvalue weighted by Crippen LogP contribution is 2.66. The Morgan fingerprint density at radius 1 is 1.03 bits per heavy atom. The van der Waals surface area contributed by atoms with Crippen LogP contribution in [0.4, 0.5) is 13.2 Å². The molecule has 180 valence electrons. The minimum absolute atomic E-state index is 0.000248. The van der Waals surface area contributed by atoms with Crippen LogP contribution in [0.1, 0.15) is 49.7 Å². The Balaban J connectivity index is 1.05. The van der Waals surface area contributed by atoms with Gasteiger partial charge in [-0.1, -0.05) is 18.2 Å². The Hall–Kier alpha value is -2.09. The van der Waals surface area contributed by atoms with Crippen molar-refractivity contribution in [3.63, 3.8) is 0 Å². The summed E-state index contributed by atoms with van der Waals surface area (Å²) in [6, 6.07) is 5.40. The molecule has 5 fully saturated rings. The van der Waals surface area contributed by atoms with Crippen molar-refractivity contribution in [2.75, 3.05) is 32.7 Å². The van der Waals surface area contributed by atoms with Gasteiger partial charge in [-0.25, -0.2) is 0 Å². The van der Waals surface area contributed by atoms with Crippen molar-refractivity contribution >= 4 is 11.8 Å². The summed E-state index contributed by atoms with van der Waals surface area (Å²) in [5, 5.41) is 2.86. The summed E-state index contributed by atoms with van der Waals surface area (Å²) in [6.45, 7) is 2.69. The fourth-order valence-corrected chi connectivity index (χ4v) is 7.18. The Kier molecular flexibility index (Phi) is 5.91. The highest BCUT2D eigenvalue weighted by molar-refractivity contribution is 5.85. The van der Waals surface area contributed by atoms with Crippen LogP contribution in [0.5, 0.6) is 0 Å². The third-order valence-electron chi connectivity index (χ3n) is 8.49. The smallest absolute Gasteiger partial charge is 0.347 e. The summed E-state index contributed by atoms with van der Waals surface area (Å²) in [4.78, 5) is 29.0. The molecule has 1 aliphatic heterocycles. The molecule has 1 saturated heterocycles. The molecule has 5 aliphatic rings. The predicted octanol–water partition coefficient (Wildman–Crippen LogP) is 3.68. The van der Waals surface area contributed by atoms with E-state index in [2.05, 4.69) is 10.2 Å².